The van der Waals surface area contributed by atoms with Gasteiger partial charge in [-0.05, 0) is 37.1 Å². The lowest BCUT2D eigenvalue weighted by Gasteiger charge is -2.37. The second kappa shape index (κ2) is 7.40. The molecule has 146 valence electrons. The lowest BCUT2D eigenvalue weighted by molar-refractivity contribution is 0.171. The minimum atomic E-state index is 0.633. The van der Waals surface area contributed by atoms with Crippen LogP contribution in [0, 0.1) is 6.92 Å². The van der Waals surface area contributed by atoms with Gasteiger partial charge < -0.3 is 19.4 Å². The van der Waals surface area contributed by atoms with E-state index >= 15 is 0 Å². The summed E-state index contributed by atoms with van der Waals surface area (Å²) in [6, 6.07) is 14.8. The molecule has 5 heteroatoms. The monoisotopic (exact) mass is 377 g/mol. The Bertz CT molecular complexity index is 973. The van der Waals surface area contributed by atoms with Crippen molar-refractivity contribution in [2.24, 2.45) is 0 Å². The van der Waals surface area contributed by atoms with Crippen molar-refractivity contribution in [3.63, 3.8) is 0 Å². The smallest absolute Gasteiger partial charge is 0.184 e. The van der Waals surface area contributed by atoms with Crippen molar-refractivity contribution in [2.45, 2.75) is 13.3 Å². The van der Waals surface area contributed by atoms with Gasteiger partial charge in [-0.2, -0.15) is 0 Å². The summed E-state index contributed by atoms with van der Waals surface area (Å²) in [6.07, 6.45) is 1.09. The predicted molar refractivity (Wildman–Crippen MR) is 113 cm³/mol. The highest BCUT2D eigenvalue weighted by Gasteiger charge is 2.23. The number of H-pyrrole nitrogens is 1. The van der Waals surface area contributed by atoms with Gasteiger partial charge >= 0.3 is 0 Å². The Kier molecular flexibility index (Phi) is 4.61. The van der Waals surface area contributed by atoms with Crippen LogP contribution in [0.25, 0.3) is 10.9 Å². The maximum atomic E-state index is 5.90. The predicted octanol–water partition coefficient (Wildman–Crippen LogP) is 3.61. The molecule has 0 spiro atoms. The summed E-state index contributed by atoms with van der Waals surface area (Å²) in [5, 5.41) is 1.37. The molecular weight excluding hydrogens is 350 g/mol. The van der Waals surface area contributed by atoms with E-state index in [9.17, 15) is 0 Å². The van der Waals surface area contributed by atoms with Crippen molar-refractivity contribution in [3.05, 3.63) is 53.7 Å². The van der Waals surface area contributed by atoms with Gasteiger partial charge in [0.1, 0.15) is 13.2 Å². The van der Waals surface area contributed by atoms with Crippen LogP contribution < -0.4 is 14.4 Å². The van der Waals surface area contributed by atoms with Crippen LogP contribution in [0.15, 0.2) is 42.5 Å². The van der Waals surface area contributed by atoms with Crippen LogP contribution in [0.4, 0.5) is 5.69 Å². The maximum absolute atomic E-state index is 5.90. The molecule has 1 aromatic heterocycles. The first-order chi connectivity index (χ1) is 13.8. The zero-order valence-corrected chi connectivity index (χ0v) is 16.4. The quantitative estimate of drug-likeness (QED) is 0.754. The average Bonchev–Trinajstić information content (AvgIpc) is 3.07. The van der Waals surface area contributed by atoms with E-state index in [0.29, 0.717) is 13.2 Å². The summed E-state index contributed by atoms with van der Waals surface area (Å²) in [6.45, 7) is 8.75. The van der Waals surface area contributed by atoms with Crippen LogP contribution in [-0.4, -0.2) is 55.8 Å². The summed E-state index contributed by atoms with van der Waals surface area (Å²) in [5.41, 5.74) is 5.17. The van der Waals surface area contributed by atoms with Crippen LogP contribution in [0.1, 0.15) is 11.3 Å². The van der Waals surface area contributed by atoms with E-state index < -0.39 is 0 Å². The second-order valence-corrected chi connectivity index (χ2v) is 7.65. The molecule has 0 unspecified atom stereocenters. The molecule has 3 heterocycles. The molecular formula is C23H27N3O2. The minimum absolute atomic E-state index is 0.633. The number of aromatic amines is 1. The highest BCUT2D eigenvalue weighted by atomic mass is 16.6. The van der Waals surface area contributed by atoms with Crippen LogP contribution in [0.5, 0.6) is 11.5 Å². The summed E-state index contributed by atoms with van der Waals surface area (Å²) in [5.74, 6) is 1.79. The van der Waals surface area contributed by atoms with Gasteiger partial charge in [-0.15, -0.1) is 0 Å². The number of rotatable bonds is 4. The van der Waals surface area contributed by atoms with Gasteiger partial charge in [0.05, 0.1) is 5.69 Å². The summed E-state index contributed by atoms with van der Waals surface area (Å²) < 4.78 is 11.6. The Hall–Kier alpha value is -2.66. The number of aryl methyl sites for hydroxylation is 1. The Morgan fingerprint density at radius 3 is 2.64 bits per heavy atom. The van der Waals surface area contributed by atoms with Gasteiger partial charge in [0.15, 0.2) is 11.5 Å². The zero-order chi connectivity index (χ0) is 18.9. The average molecular weight is 377 g/mol. The molecule has 3 aromatic rings. The lowest BCUT2D eigenvalue weighted by atomic mass is 10.1. The molecule has 1 fully saturated rings. The van der Waals surface area contributed by atoms with Crippen molar-refractivity contribution < 1.29 is 9.47 Å². The van der Waals surface area contributed by atoms with Gasteiger partial charge in [-0.25, -0.2) is 0 Å². The number of para-hydroxylation sites is 2. The first-order valence-corrected chi connectivity index (χ1v) is 10.2. The van der Waals surface area contributed by atoms with Crippen molar-refractivity contribution in [1.29, 1.82) is 0 Å². The molecule has 28 heavy (non-hydrogen) atoms. The summed E-state index contributed by atoms with van der Waals surface area (Å²) in [7, 11) is 0. The normalized spacial score (nSPS) is 17.2. The SMILES string of the molecule is Cc1[nH]c2ccccc2c1CCN1CCN(c2cccc3c2OCCO3)CC1. The molecule has 0 amide bonds. The fourth-order valence-electron chi connectivity index (χ4n) is 4.45. The fraction of sp³-hybridized carbons (Fsp3) is 0.391. The number of aromatic nitrogens is 1. The highest BCUT2D eigenvalue weighted by molar-refractivity contribution is 5.84. The maximum Gasteiger partial charge on any atom is 0.184 e. The number of nitrogens with zero attached hydrogens (tertiary/aromatic N) is 2. The number of benzene rings is 2. The number of ether oxygens (including phenoxy) is 2. The van der Waals surface area contributed by atoms with E-state index in [1.165, 1.54) is 27.8 Å². The van der Waals surface area contributed by atoms with Crippen molar-refractivity contribution in [2.75, 3.05) is 50.8 Å². The molecule has 1 saturated heterocycles. The number of fused-ring (bicyclic) bond motifs is 2. The molecule has 0 radical (unpaired) electrons. The Morgan fingerprint density at radius 2 is 1.75 bits per heavy atom. The van der Waals surface area contributed by atoms with E-state index in [4.69, 9.17) is 9.47 Å². The molecule has 5 rings (SSSR count). The number of nitrogens with one attached hydrogen (secondary N) is 1. The van der Waals surface area contributed by atoms with E-state index in [0.717, 1.165) is 50.6 Å². The largest absolute Gasteiger partial charge is 0.486 e. The van der Waals surface area contributed by atoms with Crippen LogP contribution in [0.3, 0.4) is 0 Å². The first-order valence-electron chi connectivity index (χ1n) is 10.2. The molecule has 5 nitrogen and oxygen atoms in total. The Balaban J connectivity index is 1.23. The van der Waals surface area contributed by atoms with Gasteiger partial charge in [-0.1, -0.05) is 24.3 Å². The van der Waals surface area contributed by atoms with Crippen LogP contribution >= 0.6 is 0 Å². The number of piperazine rings is 1. The van der Waals surface area contributed by atoms with Gasteiger partial charge in [-0.3, -0.25) is 4.90 Å². The molecule has 2 aromatic carbocycles. The molecule has 0 bridgehead atoms. The summed E-state index contributed by atoms with van der Waals surface area (Å²) >= 11 is 0. The van der Waals surface area contributed by atoms with Crippen LogP contribution in [0.2, 0.25) is 0 Å². The third-order valence-electron chi connectivity index (χ3n) is 5.96. The van der Waals surface area contributed by atoms with E-state index in [1.54, 1.807) is 0 Å². The standard InChI is InChI=1S/C23H27N3O2/c1-17-18(19-5-2-3-6-20(19)24-17)9-10-25-11-13-26(14-12-25)21-7-4-8-22-23(21)28-16-15-27-22/h2-8,24H,9-16H2,1H3. The van der Waals surface area contributed by atoms with Crippen molar-refractivity contribution >= 4 is 16.6 Å². The van der Waals surface area contributed by atoms with Gasteiger partial charge in [0, 0.05) is 49.3 Å². The van der Waals surface area contributed by atoms with Gasteiger partial charge in [0.25, 0.3) is 0 Å². The van der Waals surface area contributed by atoms with Crippen molar-refractivity contribution in [3.8, 4) is 11.5 Å². The van der Waals surface area contributed by atoms with Crippen molar-refractivity contribution in [1.82, 2.24) is 9.88 Å². The van der Waals surface area contributed by atoms with E-state index in [2.05, 4.69) is 58.1 Å². The molecule has 0 atom stereocenters. The third kappa shape index (κ3) is 3.20. The number of hydrogen-bond donors (Lipinski definition) is 1. The Labute approximate surface area is 165 Å². The lowest BCUT2D eigenvalue weighted by Crippen LogP contribution is -2.47. The van der Waals surface area contributed by atoms with Gasteiger partial charge in [0.2, 0.25) is 0 Å². The van der Waals surface area contributed by atoms with E-state index in [-0.39, 0.29) is 0 Å². The zero-order valence-electron chi connectivity index (χ0n) is 16.4. The van der Waals surface area contributed by atoms with Crippen LogP contribution in [-0.2, 0) is 6.42 Å². The molecule has 0 saturated carbocycles. The molecule has 2 aliphatic rings. The fourth-order valence-corrected chi connectivity index (χ4v) is 4.45. The highest BCUT2D eigenvalue weighted by Crippen LogP contribution is 2.39. The Morgan fingerprint density at radius 1 is 0.929 bits per heavy atom. The number of hydrogen-bond acceptors (Lipinski definition) is 4. The second-order valence-electron chi connectivity index (χ2n) is 7.65. The number of anilines is 1. The topological polar surface area (TPSA) is 40.7 Å². The first kappa shape index (κ1) is 17.4. The third-order valence-corrected chi connectivity index (χ3v) is 5.96. The molecule has 1 N–H and O–H groups in total. The molecule has 2 aliphatic heterocycles. The van der Waals surface area contributed by atoms with E-state index in [1.807, 2.05) is 6.07 Å². The summed E-state index contributed by atoms with van der Waals surface area (Å²) in [4.78, 5) is 8.53. The molecule has 0 aliphatic carbocycles. The minimum Gasteiger partial charge on any atom is -0.486 e.